The van der Waals surface area contributed by atoms with E-state index in [1.54, 1.807) is 25.4 Å². The lowest BCUT2D eigenvalue weighted by atomic mass is 10.1. The lowest BCUT2D eigenvalue weighted by molar-refractivity contribution is 0.320. The molecule has 6 nitrogen and oxygen atoms in total. The average Bonchev–Trinajstić information content (AvgIpc) is 3.17. The fourth-order valence-corrected chi connectivity index (χ4v) is 2.51. The molecular weight excluding hydrogens is 486 g/mol. The van der Waals surface area contributed by atoms with Gasteiger partial charge in [-0.15, -0.1) is 24.0 Å². The number of oxazole rings is 1. The first-order valence-corrected chi connectivity index (χ1v) is 8.98. The third kappa shape index (κ3) is 7.04. The van der Waals surface area contributed by atoms with Crippen molar-refractivity contribution < 1.29 is 13.5 Å². The van der Waals surface area contributed by atoms with Gasteiger partial charge in [0.25, 0.3) is 0 Å². The van der Waals surface area contributed by atoms with E-state index in [-0.39, 0.29) is 29.8 Å². The number of aromatic nitrogens is 1. The topological polar surface area (TPSA) is 71.7 Å². The van der Waals surface area contributed by atoms with E-state index in [9.17, 15) is 4.39 Å². The Bertz CT molecular complexity index is 928. The van der Waals surface area contributed by atoms with Crippen molar-refractivity contribution in [3.63, 3.8) is 0 Å². The van der Waals surface area contributed by atoms with E-state index in [4.69, 9.17) is 9.15 Å². The first-order chi connectivity index (χ1) is 13.6. The summed E-state index contributed by atoms with van der Waals surface area (Å²) in [5.74, 6) is 1.38. The maximum absolute atomic E-state index is 13.1. The third-order valence-electron chi connectivity index (χ3n) is 3.97. The second kappa shape index (κ2) is 11.4. The van der Waals surface area contributed by atoms with E-state index in [0.29, 0.717) is 37.3 Å². The summed E-state index contributed by atoms with van der Waals surface area (Å²) in [5.41, 5.74) is 2.90. The van der Waals surface area contributed by atoms with E-state index >= 15 is 0 Å². The van der Waals surface area contributed by atoms with Crippen LogP contribution in [0.1, 0.15) is 11.3 Å². The number of benzene rings is 2. The summed E-state index contributed by atoms with van der Waals surface area (Å²) in [7, 11) is 1.68. The molecule has 3 aromatic rings. The molecule has 0 unspecified atom stereocenters. The second-order valence-electron chi connectivity index (χ2n) is 6.17. The molecule has 154 valence electrons. The maximum atomic E-state index is 13.1. The maximum Gasteiger partial charge on any atom is 0.226 e. The average molecular weight is 510 g/mol. The number of ether oxygens (including phenoxy) is 1. The van der Waals surface area contributed by atoms with E-state index in [0.717, 1.165) is 11.3 Å². The molecule has 0 amide bonds. The van der Waals surface area contributed by atoms with Gasteiger partial charge in [0, 0.05) is 18.7 Å². The van der Waals surface area contributed by atoms with Crippen molar-refractivity contribution in [1.82, 2.24) is 15.6 Å². The summed E-state index contributed by atoms with van der Waals surface area (Å²) in [6, 6.07) is 14.1. The fraction of sp³-hybridized carbons (Fsp3) is 0.238. The van der Waals surface area contributed by atoms with Gasteiger partial charge in [0.05, 0.1) is 18.8 Å². The van der Waals surface area contributed by atoms with Crippen LogP contribution < -0.4 is 15.4 Å². The molecule has 8 heteroatoms. The number of aryl methyl sites for hydroxylation is 1. The highest BCUT2D eigenvalue weighted by atomic mass is 127. The molecule has 0 radical (unpaired) electrons. The third-order valence-corrected chi connectivity index (χ3v) is 3.97. The molecule has 0 aliphatic heterocycles. The molecule has 1 aromatic heterocycles. The van der Waals surface area contributed by atoms with Crippen molar-refractivity contribution in [3.05, 3.63) is 71.9 Å². The van der Waals surface area contributed by atoms with Gasteiger partial charge in [-0.05, 0) is 31.2 Å². The Balaban J connectivity index is 0.00000300. The van der Waals surface area contributed by atoms with E-state index < -0.39 is 0 Å². The Hall–Kier alpha value is -2.62. The van der Waals surface area contributed by atoms with Gasteiger partial charge in [-0.3, -0.25) is 4.99 Å². The monoisotopic (exact) mass is 510 g/mol. The van der Waals surface area contributed by atoms with E-state index in [1.165, 1.54) is 17.7 Å². The fourth-order valence-electron chi connectivity index (χ4n) is 2.51. The highest BCUT2D eigenvalue weighted by molar-refractivity contribution is 14.0. The van der Waals surface area contributed by atoms with Crippen molar-refractivity contribution >= 4 is 29.9 Å². The predicted molar refractivity (Wildman–Crippen MR) is 122 cm³/mol. The molecule has 0 saturated heterocycles. The van der Waals surface area contributed by atoms with Crippen LogP contribution in [0.15, 0.2) is 64.2 Å². The van der Waals surface area contributed by atoms with Gasteiger partial charge in [-0.1, -0.05) is 23.8 Å². The minimum atomic E-state index is -0.319. The molecule has 29 heavy (non-hydrogen) atoms. The SMILES string of the molecule is CN=C(NCCOc1cccc(F)c1)NCc1coc(-c2ccc(C)cc2)n1.I. The molecule has 0 saturated carbocycles. The zero-order valence-electron chi connectivity index (χ0n) is 16.3. The molecule has 0 spiro atoms. The van der Waals surface area contributed by atoms with Gasteiger partial charge < -0.3 is 19.8 Å². The molecule has 2 aromatic carbocycles. The lowest BCUT2D eigenvalue weighted by Crippen LogP contribution is -2.38. The van der Waals surface area contributed by atoms with Crippen molar-refractivity contribution in [2.24, 2.45) is 4.99 Å². The number of nitrogens with one attached hydrogen (secondary N) is 2. The Morgan fingerprint density at radius 1 is 1.17 bits per heavy atom. The molecular formula is C21H24FIN4O2. The quantitative estimate of drug-likeness (QED) is 0.216. The van der Waals surface area contributed by atoms with Gasteiger partial charge in [-0.25, -0.2) is 9.37 Å². The molecule has 0 bridgehead atoms. The van der Waals surface area contributed by atoms with Crippen molar-refractivity contribution in [1.29, 1.82) is 0 Å². The van der Waals surface area contributed by atoms with Crippen LogP contribution in [0.3, 0.4) is 0 Å². The minimum absolute atomic E-state index is 0. The molecule has 0 aliphatic rings. The first-order valence-electron chi connectivity index (χ1n) is 8.98. The first kappa shape index (κ1) is 22.7. The summed E-state index contributed by atoms with van der Waals surface area (Å²) in [6.45, 7) is 3.41. The summed E-state index contributed by atoms with van der Waals surface area (Å²) in [5, 5.41) is 6.30. The Morgan fingerprint density at radius 2 is 1.97 bits per heavy atom. The highest BCUT2D eigenvalue weighted by Crippen LogP contribution is 2.19. The van der Waals surface area contributed by atoms with Crippen LogP contribution in [0.4, 0.5) is 4.39 Å². The van der Waals surface area contributed by atoms with Gasteiger partial charge in [0.2, 0.25) is 5.89 Å². The zero-order valence-corrected chi connectivity index (χ0v) is 18.6. The van der Waals surface area contributed by atoms with Gasteiger partial charge in [0.15, 0.2) is 5.96 Å². The highest BCUT2D eigenvalue weighted by Gasteiger charge is 2.07. The second-order valence-corrected chi connectivity index (χ2v) is 6.17. The van der Waals surface area contributed by atoms with E-state index in [1.807, 2.05) is 31.2 Å². The Morgan fingerprint density at radius 3 is 2.69 bits per heavy atom. The molecule has 2 N–H and O–H groups in total. The number of nitrogens with zero attached hydrogens (tertiary/aromatic N) is 2. The van der Waals surface area contributed by atoms with Crippen LogP contribution in [-0.4, -0.2) is 31.1 Å². The largest absolute Gasteiger partial charge is 0.492 e. The number of aliphatic imine (C=N–C) groups is 1. The Labute approximate surface area is 186 Å². The van der Waals surface area contributed by atoms with Gasteiger partial charge in [0.1, 0.15) is 24.4 Å². The summed E-state index contributed by atoms with van der Waals surface area (Å²) < 4.78 is 24.2. The van der Waals surface area contributed by atoms with Crippen molar-refractivity contribution in [2.45, 2.75) is 13.5 Å². The summed E-state index contributed by atoms with van der Waals surface area (Å²) in [6.07, 6.45) is 1.63. The van der Waals surface area contributed by atoms with Crippen LogP contribution in [0.5, 0.6) is 5.75 Å². The lowest BCUT2D eigenvalue weighted by Gasteiger charge is -2.11. The van der Waals surface area contributed by atoms with Crippen LogP contribution in [-0.2, 0) is 6.54 Å². The number of hydrogen-bond donors (Lipinski definition) is 2. The molecule has 3 rings (SSSR count). The minimum Gasteiger partial charge on any atom is -0.492 e. The number of rotatable bonds is 7. The van der Waals surface area contributed by atoms with Crippen LogP contribution in [0, 0.1) is 12.7 Å². The van der Waals surface area contributed by atoms with Gasteiger partial charge >= 0.3 is 0 Å². The standard InChI is InChI=1S/C21H23FN4O2.HI/c1-15-6-8-16(9-7-15)20-26-18(14-28-20)13-25-21(23-2)24-10-11-27-19-5-3-4-17(22)12-19;/h3-9,12,14H,10-11,13H2,1-2H3,(H2,23,24,25);1H. The molecule has 0 fully saturated rings. The Kier molecular flexibility index (Phi) is 8.91. The smallest absolute Gasteiger partial charge is 0.226 e. The van der Waals surface area contributed by atoms with E-state index in [2.05, 4.69) is 20.6 Å². The van der Waals surface area contributed by atoms with Crippen LogP contribution >= 0.6 is 24.0 Å². The molecule has 0 aliphatic carbocycles. The molecule has 1 heterocycles. The molecule has 0 atom stereocenters. The normalized spacial score (nSPS) is 10.9. The van der Waals surface area contributed by atoms with Crippen molar-refractivity contribution in [2.75, 3.05) is 20.2 Å². The van der Waals surface area contributed by atoms with Crippen molar-refractivity contribution in [3.8, 4) is 17.2 Å². The predicted octanol–water partition coefficient (Wildman–Crippen LogP) is 4.15. The summed E-state index contributed by atoms with van der Waals surface area (Å²) >= 11 is 0. The van der Waals surface area contributed by atoms with Crippen LogP contribution in [0.25, 0.3) is 11.5 Å². The van der Waals surface area contributed by atoms with Crippen LogP contribution in [0.2, 0.25) is 0 Å². The zero-order chi connectivity index (χ0) is 19.8. The number of guanidine groups is 1. The summed E-state index contributed by atoms with van der Waals surface area (Å²) in [4.78, 5) is 8.65. The number of halogens is 2. The van der Waals surface area contributed by atoms with Gasteiger partial charge in [-0.2, -0.15) is 0 Å². The number of hydrogen-bond acceptors (Lipinski definition) is 4.